The van der Waals surface area contributed by atoms with Crippen LogP contribution in [0.5, 0.6) is 0 Å². The molecule has 1 unspecified atom stereocenters. The molecule has 1 aliphatic rings. The van der Waals surface area contributed by atoms with Crippen LogP contribution in [-0.4, -0.2) is 41.4 Å². The number of aromatic nitrogens is 2. The van der Waals surface area contributed by atoms with E-state index in [0.29, 0.717) is 6.04 Å². The fraction of sp³-hybridized carbons (Fsp3) is 0.769. The monoisotopic (exact) mass is 236 g/mol. The number of hydrogen-bond donors (Lipinski definition) is 1. The van der Waals surface area contributed by atoms with E-state index < -0.39 is 0 Å². The zero-order valence-corrected chi connectivity index (χ0v) is 11.0. The molecule has 0 saturated heterocycles. The maximum absolute atomic E-state index is 6.08. The summed E-state index contributed by atoms with van der Waals surface area (Å²) >= 11 is 0. The minimum absolute atomic E-state index is 0.178. The Labute approximate surface area is 104 Å². The van der Waals surface area contributed by atoms with Gasteiger partial charge < -0.3 is 10.6 Å². The lowest BCUT2D eigenvalue weighted by molar-refractivity contribution is 0.369. The van der Waals surface area contributed by atoms with Crippen LogP contribution >= 0.6 is 0 Å². The molecule has 0 amide bonds. The molecule has 4 nitrogen and oxygen atoms in total. The number of rotatable bonds is 5. The number of nitrogens with two attached hydrogens (primary N) is 1. The highest BCUT2D eigenvalue weighted by Gasteiger charge is 2.18. The highest BCUT2D eigenvalue weighted by atomic mass is 15.3. The van der Waals surface area contributed by atoms with E-state index in [-0.39, 0.29) is 6.04 Å². The van der Waals surface area contributed by atoms with Gasteiger partial charge in [0.2, 0.25) is 0 Å². The first kappa shape index (κ1) is 12.6. The summed E-state index contributed by atoms with van der Waals surface area (Å²) < 4.78 is 2.14. The smallest absolute Gasteiger partial charge is 0.0640 e. The Hall–Kier alpha value is -0.870. The summed E-state index contributed by atoms with van der Waals surface area (Å²) in [5, 5.41) is 4.66. The second kappa shape index (κ2) is 5.65. The van der Waals surface area contributed by atoms with Crippen molar-refractivity contribution in [2.24, 2.45) is 5.73 Å². The number of hydrogen-bond acceptors (Lipinski definition) is 3. The molecule has 2 rings (SSSR count). The van der Waals surface area contributed by atoms with Gasteiger partial charge in [-0.1, -0.05) is 12.8 Å². The van der Waals surface area contributed by atoms with Crippen LogP contribution in [0.1, 0.15) is 37.4 Å². The highest BCUT2D eigenvalue weighted by Crippen LogP contribution is 2.28. The van der Waals surface area contributed by atoms with Gasteiger partial charge >= 0.3 is 0 Å². The van der Waals surface area contributed by atoms with Crippen LogP contribution in [0.25, 0.3) is 0 Å². The summed E-state index contributed by atoms with van der Waals surface area (Å²) in [6, 6.07) is 2.93. The molecule has 1 aromatic rings. The molecule has 0 radical (unpaired) electrons. The molecule has 0 aliphatic heterocycles. The lowest BCUT2D eigenvalue weighted by Gasteiger charge is -2.15. The first-order chi connectivity index (χ1) is 8.15. The molecular weight excluding hydrogens is 212 g/mol. The third kappa shape index (κ3) is 3.54. The lowest BCUT2D eigenvalue weighted by atomic mass is 10.1. The number of nitrogens with zero attached hydrogens (tertiary/aromatic N) is 3. The Balaban J connectivity index is 1.89. The topological polar surface area (TPSA) is 47.1 Å². The van der Waals surface area contributed by atoms with Gasteiger partial charge in [0.15, 0.2) is 0 Å². The van der Waals surface area contributed by atoms with E-state index in [1.54, 1.807) is 0 Å². The molecule has 1 aromatic heterocycles. The van der Waals surface area contributed by atoms with E-state index >= 15 is 0 Å². The van der Waals surface area contributed by atoms with Crippen LogP contribution < -0.4 is 5.73 Å². The van der Waals surface area contributed by atoms with Crippen LogP contribution in [0.15, 0.2) is 12.3 Å². The summed E-state index contributed by atoms with van der Waals surface area (Å²) in [5.41, 5.74) is 7.21. The van der Waals surface area contributed by atoms with Crippen LogP contribution in [0.4, 0.5) is 0 Å². The highest BCUT2D eigenvalue weighted by molar-refractivity contribution is 5.02. The van der Waals surface area contributed by atoms with Gasteiger partial charge in [0, 0.05) is 25.2 Å². The van der Waals surface area contributed by atoms with Crippen molar-refractivity contribution in [3.05, 3.63) is 18.0 Å². The van der Waals surface area contributed by atoms with Gasteiger partial charge in [-0.15, -0.1) is 0 Å². The maximum atomic E-state index is 6.08. The third-order valence-corrected chi connectivity index (χ3v) is 3.43. The predicted molar refractivity (Wildman–Crippen MR) is 70.0 cm³/mol. The van der Waals surface area contributed by atoms with E-state index in [1.807, 2.05) is 0 Å². The molecule has 0 spiro atoms. The number of likely N-dealkylation sites (N-methyl/N-ethyl adjacent to an activating group) is 1. The zero-order valence-electron chi connectivity index (χ0n) is 11.0. The molecule has 4 heteroatoms. The van der Waals surface area contributed by atoms with Gasteiger partial charge in [-0.2, -0.15) is 5.10 Å². The molecule has 1 saturated carbocycles. The van der Waals surface area contributed by atoms with Crippen LogP contribution in [0, 0.1) is 0 Å². The van der Waals surface area contributed by atoms with Gasteiger partial charge in [0.05, 0.1) is 11.7 Å². The van der Waals surface area contributed by atoms with Crippen molar-refractivity contribution in [1.29, 1.82) is 0 Å². The minimum Gasteiger partial charge on any atom is -0.326 e. The van der Waals surface area contributed by atoms with Gasteiger partial charge in [-0.3, -0.25) is 4.68 Å². The second-order valence-corrected chi connectivity index (χ2v) is 5.45. The van der Waals surface area contributed by atoms with Crippen molar-refractivity contribution >= 4 is 0 Å². The van der Waals surface area contributed by atoms with E-state index in [0.717, 1.165) is 18.7 Å². The molecule has 0 bridgehead atoms. The van der Waals surface area contributed by atoms with E-state index in [1.165, 1.54) is 25.7 Å². The first-order valence-corrected chi connectivity index (χ1v) is 6.59. The summed E-state index contributed by atoms with van der Waals surface area (Å²) in [5.74, 6) is 0. The van der Waals surface area contributed by atoms with Crippen molar-refractivity contribution in [3.8, 4) is 0 Å². The first-order valence-electron chi connectivity index (χ1n) is 6.59. The van der Waals surface area contributed by atoms with Gasteiger partial charge in [-0.25, -0.2) is 0 Å². The molecule has 1 fully saturated rings. The maximum Gasteiger partial charge on any atom is 0.0640 e. The Morgan fingerprint density at radius 1 is 1.47 bits per heavy atom. The fourth-order valence-electron chi connectivity index (χ4n) is 2.66. The molecule has 0 aromatic carbocycles. The predicted octanol–water partition coefficient (Wildman–Crippen LogP) is 1.43. The van der Waals surface area contributed by atoms with Crippen molar-refractivity contribution in [1.82, 2.24) is 14.7 Å². The van der Waals surface area contributed by atoms with Gasteiger partial charge in [0.1, 0.15) is 0 Å². The summed E-state index contributed by atoms with van der Waals surface area (Å²) in [7, 11) is 4.11. The zero-order chi connectivity index (χ0) is 12.3. The third-order valence-electron chi connectivity index (χ3n) is 3.43. The summed E-state index contributed by atoms with van der Waals surface area (Å²) in [6.45, 7) is 0.913. The Bertz CT molecular complexity index is 339. The van der Waals surface area contributed by atoms with Crippen molar-refractivity contribution < 1.29 is 0 Å². The largest absolute Gasteiger partial charge is 0.326 e. The van der Waals surface area contributed by atoms with E-state index in [2.05, 4.69) is 41.0 Å². The summed E-state index contributed by atoms with van der Waals surface area (Å²) in [6.07, 6.45) is 8.25. The van der Waals surface area contributed by atoms with Crippen molar-refractivity contribution in [3.63, 3.8) is 0 Å². The summed E-state index contributed by atoms with van der Waals surface area (Å²) in [4.78, 5) is 2.12. The Morgan fingerprint density at radius 2 is 2.18 bits per heavy atom. The fourth-order valence-corrected chi connectivity index (χ4v) is 2.66. The normalized spacial score (nSPS) is 19.1. The average molecular weight is 236 g/mol. The van der Waals surface area contributed by atoms with Crippen molar-refractivity contribution in [2.45, 2.75) is 44.2 Å². The molecule has 17 heavy (non-hydrogen) atoms. The van der Waals surface area contributed by atoms with Crippen LogP contribution in [-0.2, 0) is 6.42 Å². The lowest BCUT2D eigenvalue weighted by Crippen LogP contribution is -2.35. The van der Waals surface area contributed by atoms with E-state index in [4.69, 9.17) is 5.73 Å². The van der Waals surface area contributed by atoms with Crippen LogP contribution in [0.3, 0.4) is 0 Å². The van der Waals surface area contributed by atoms with Gasteiger partial charge in [0.25, 0.3) is 0 Å². The molecule has 1 atom stereocenters. The Morgan fingerprint density at radius 3 is 2.82 bits per heavy atom. The molecule has 1 aliphatic carbocycles. The molecular formula is C13H24N4. The van der Waals surface area contributed by atoms with E-state index in [9.17, 15) is 0 Å². The second-order valence-electron chi connectivity index (χ2n) is 5.45. The SMILES string of the molecule is CN(C)CC(N)Cc1ccn(C2CCCC2)n1. The Kier molecular flexibility index (Phi) is 4.18. The molecule has 1 heterocycles. The molecule has 2 N–H and O–H groups in total. The van der Waals surface area contributed by atoms with Gasteiger partial charge in [-0.05, 0) is 33.0 Å². The average Bonchev–Trinajstić information content (AvgIpc) is 2.84. The molecule has 96 valence electrons. The van der Waals surface area contributed by atoms with Crippen molar-refractivity contribution in [2.75, 3.05) is 20.6 Å². The quantitative estimate of drug-likeness (QED) is 0.841. The minimum atomic E-state index is 0.178. The van der Waals surface area contributed by atoms with Crippen LogP contribution in [0.2, 0.25) is 0 Å². The standard InChI is InChI=1S/C13H24N4/c1-16(2)10-11(14)9-12-7-8-17(15-12)13-5-3-4-6-13/h7-8,11,13H,3-6,9-10,14H2,1-2H3.